The molecule has 0 radical (unpaired) electrons. The summed E-state index contributed by atoms with van der Waals surface area (Å²) in [6, 6.07) is 6.80. The lowest BCUT2D eigenvalue weighted by Gasteiger charge is -2.31. The molecule has 0 saturated carbocycles. The molecule has 1 saturated heterocycles. The number of methoxy groups -OCH3 is 1. The minimum absolute atomic E-state index is 0.427. The first-order chi connectivity index (χ1) is 12.6. The van der Waals surface area contributed by atoms with E-state index >= 15 is 0 Å². The molecule has 0 spiro atoms. The Kier molecular flexibility index (Phi) is 8.71. The van der Waals surface area contributed by atoms with Crippen molar-refractivity contribution in [3.05, 3.63) is 29.3 Å². The summed E-state index contributed by atoms with van der Waals surface area (Å²) in [6.07, 6.45) is 0.931. The normalized spacial score (nSPS) is 17.0. The van der Waals surface area contributed by atoms with Crippen LogP contribution in [-0.2, 0) is 11.2 Å². The Morgan fingerprint density at radius 2 is 2.08 bits per heavy atom. The molecule has 1 unspecified atom stereocenters. The summed E-state index contributed by atoms with van der Waals surface area (Å²) in [7, 11) is 1.72. The highest BCUT2D eigenvalue weighted by atomic mass is 16.5. The van der Waals surface area contributed by atoms with Crippen molar-refractivity contribution in [2.45, 2.75) is 33.2 Å². The zero-order chi connectivity index (χ0) is 18.8. The molecule has 1 aliphatic heterocycles. The molecular weight excluding hydrogens is 328 g/mol. The van der Waals surface area contributed by atoms with Gasteiger partial charge in [-0.15, -0.1) is 0 Å². The molecule has 1 atom stereocenters. The minimum Gasteiger partial charge on any atom is -0.496 e. The highest BCUT2D eigenvalue weighted by Gasteiger charge is 2.16. The molecule has 0 aliphatic carbocycles. The predicted molar refractivity (Wildman–Crippen MR) is 107 cm³/mol. The molecule has 1 aromatic carbocycles. The number of ether oxygens (including phenoxy) is 2. The van der Waals surface area contributed by atoms with Crippen LogP contribution in [0.15, 0.2) is 23.2 Å². The van der Waals surface area contributed by atoms with Crippen molar-refractivity contribution in [3.63, 3.8) is 0 Å². The van der Waals surface area contributed by atoms with Crippen molar-refractivity contribution in [2.24, 2.45) is 4.99 Å². The molecular formula is C20H34N4O2. The van der Waals surface area contributed by atoms with E-state index in [-0.39, 0.29) is 0 Å². The van der Waals surface area contributed by atoms with Gasteiger partial charge in [-0.3, -0.25) is 9.89 Å². The van der Waals surface area contributed by atoms with Gasteiger partial charge in [0.15, 0.2) is 5.96 Å². The van der Waals surface area contributed by atoms with Gasteiger partial charge in [0.05, 0.1) is 26.9 Å². The third-order valence-electron chi connectivity index (χ3n) is 4.71. The Labute approximate surface area is 158 Å². The molecule has 6 nitrogen and oxygen atoms in total. The summed E-state index contributed by atoms with van der Waals surface area (Å²) in [5.41, 5.74) is 2.42. The number of guanidine groups is 1. The highest BCUT2D eigenvalue weighted by Crippen LogP contribution is 2.18. The number of benzene rings is 1. The van der Waals surface area contributed by atoms with Crippen LogP contribution in [0.2, 0.25) is 0 Å². The summed E-state index contributed by atoms with van der Waals surface area (Å²) < 4.78 is 10.8. The van der Waals surface area contributed by atoms with Crippen LogP contribution in [0.5, 0.6) is 5.75 Å². The van der Waals surface area contributed by atoms with E-state index in [4.69, 9.17) is 14.5 Å². The zero-order valence-electron chi connectivity index (χ0n) is 16.7. The molecule has 1 aliphatic rings. The number of rotatable bonds is 8. The van der Waals surface area contributed by atoms with Gasteiger partial charge in [0, 0.05) is 32.2 Å². The summed E-state index contributed by atoms with van der Waals surface area (Å²) in [5, 5.41) is 6.76. The number of nitrogens with one attached hydrogen (secondary N) is 2. The Hall–Kier alpha value is -1.79. The van der Waals surface area contributed by atoms with Crippen molar-refractivity contribution in [1.82, 2.24) is 15.5 Å². The van der Waals surface area contributed by atoms with Crippen LogP contribution in [0.3, 0.4) is 0 Å². The number of hydrogen-bond donors (Lipinski definition) is 2. The van der Waals surface area contributed by atoms with Crippen LogP contribution in [0.25, 0.3) is 0 Å². The molecule has 1 fully saturated rings. The van der Waals surface area contributed by atoms with Gasteiger partial charge < -0.3 is 20.1 Å². The van der Waals surface area contributed by atoms with Crippen molar-refractivity contribution in [3.8, 4) is 5.75 Å². The molecule has 2 rings (SSSR count). The fourth-order valence-corrected chi connectivity index (χ4v) is 3.04. The van der Waals surface area contributed by atoms with E-state index in [2.05, 4.69) is 54.5 Å². The quantitative estimate of drug-likeness (QED) is 0.546. The molecule has 0 bridgehead atoms. The van der Waals surface area contributed by atoms with Gasteiger partial charge in [-0.25, -0.2) is 0 Å². The third kappa shape index (κ3) is 6.50. The van der Waals surface area contributed by atoms with Gasteiger partial charge in [-0.2, -0.15) is 0 Å². The lowest BCUT2D eigenvalue weighted by Crippen LogP contribution is -2.44. The van der Waals surface area contributed by atoms with E-state index in [0.717, 1.165) is 69.6 Å². The highest BCUT2D eigenvalue weighted by molar-refractivity contribution is 5.79. The maximum atomic E-state index is 5.42. The smallest absolute Gasteiger partial charge is 0.191 e. The standard InChI is InChI=1S/C20H34N4O2/c1-5-21-20(23-15-17(3)24-10-12-26-13-11-24)22-9-8-18-7-6-16(2)19(14-18)25-4/h6-7,14,17H,5,8-13,15H2,1-4H3,(H2,21,22,23). The van der Waals surface area contributed by atoms with Gasteiger partial charge in [0.1, 0.15) is 5.75 Å². The fourth-order valence-electron chi connectivity index (χ4n) is 3.04. The first-order valence-corrected chi connectivity index (χ1v) is 9.61. The van der Waals surface area contributed by atoms with E-state index in [1.54, 1.807) is 7.11 Å². The Bertz CT molecular complexity index is 571. The number of morpholine rings is 1. The van der Waals surface area contributed by atoms with E-state index in [9.17, 15) is 0 Å². The van der Waals surface area contributed by atoms with Crippen molar-refractivity contribution in [2.75, 3.05) is 53.0 Å². The minimum atomic E-state index is 0.427. The van der Waals surface area contributed by atoms with Gasteiger partial charge in [0.2, 0.25) is 0 Å². The lowest BCUT2D eigenvalue weighted by molar-refractivity contribution is 0.0220. The Balaban J connectivity index is 1.82. The first-order valence-electron chi connectivity index (χ1n) is 9.61. The Morgan fingerprint density at radius 3 is 2.77 bits per heavy atom. The van der Waals surface area contributed by atoms with Gasteiger partial charge in [-0.1, -0.05) is 12.1 Å². The number of aryl methyl sites for hydroxylation is 1. The second-order valence-corrected chi connectivity index (χ2v) is 6.70. The van der Waals surface area contributed by atoms with Gasteiger partial charge in [-0.05, 0) is 44.4 Å². The first kappa shape index (κ1) is 20.5. The number of nitrogens with zero attached hydrogens (tertiary/aromatic N) is 2. The number of hydrogen-bond acceptors (Lipinski definition) is 4. The molecule has 2 N–H and O–H groups in total. The number of aliphatic imine (C=N–C) groups is 1. The van der Waals surface area contributed by atoms with Crippen LogP contribution < -0.4 is 15.4 Å². The molecule has 146 valence electrons. The SMILES string of the molecule is CCNC(=NCC(C)N1CCOCC1)NCCc1ccc(C)c(OC)c1. The predicted octanol–water partition coefficient (Wildman–Crippen LogP) is 1.82. The molecule has 0 aromatic heterocycles. The molecule has 1 aromatic rings. The second-order valence-electron chi connectivity index (χ2n) is 6.70. The molecule has 26 heavy (non-hydrogen) atoms. The van der Waals surface area contributed by atoms with Crippen molar-refractivity contribution in [1.29, 1.82) is 0 Å². The topological polar surface area (TPSA) is 58.1 Å². The average molecular weight is 363 g/mol. The molecule has 0 amide bonds. The Morgan fingerprint density at radius 1 is 1.31 bits per heavy atom. The maximum absolute atomic E-state index is 5.42. The average Bonchev–Trinajstić information content (AvgIpc) is 2.67. The van der Waals surface area contributed by atoms with Crippen LogP contribution >= 0.6 is 0 Å². The van der Waals surface area contributed by atoms with Crippen LogP contribution in [0.4, 0.5) is 0 Å². The summed E-state index contributed by atoms with van der Waals surface area (Å²) in [5.74, 6) is 1.83. The summed E-state index contributed by atoms with van der Waals surface area (Å²) in [4.78, 5) is 7.19. The zero-order valence-corrected chi connectivity index (χ0v) is 16.7. The summed E-state index contributed by atoms with van der Waals surface area (Å²) in [6.45, 7) is 12.5. The van der Waals surface area contributed by atoms with Gasteiger partial charge in [0.25, 0.3) is 0 Å². The van der Waals surface area contributed by atoms with Crippen LogP contribution in [0, 0.1) is 6.92 Å². The van der Waals surface area contributed by atoms with Gasteiger partial charge >= 0.3 is 0 Å². The van der Waals surface area contributed by atoms with E-state index in [1.807, 2.05) is 0 Å². The van der Waals surface area contributed by atoms with E-state index in [0.29, 0.717) is 6.04 Å². The lowest BCUT2D eigenvalue weighted by atomic mass is 10.1. The van der Waals surface area contributed by atoms with Crippen LogP contribution in [0.1, 0.15) is 25.0 Å². The van der Waals surface area contributed by atoms with Crippen molar-refractivity contribution >= 4 is 5.96 Å². The molecule has 1 heterocycles. The largest absolute Gasteiger partial charge is 0.496 e. The maximum Gasteiger partial charge on any atom is 0.191 e. The van der Waals surface area contributed by atoms with Crippen molar-refractivity contribution < 1.29 is 9.47 Å². The third-order valence-corrected chi connectivity index (χ3v) is 4.71. The fraction of sp³-hybridized carbons (Fsp3) is 0.650. The van der Waals surface area contributed by atoms with Crippen LogP contribution in [-0.4, -0.2) is 69.9 Å². The van der Waals surface area contributed by atoms with E-state index < -0.39 is 0 Å². The molecule has 6 heteroatoms. The monoisotopic (exact) mass is 362 g/mol. The van der Waals surface area contributed by atoms with E-state index in [1.165, 1.54) is 5.56 Å². The second kappa shape index (κ2) is 11.0. The summed E-state index contributed by atoms with van der Waals surface area (Å²) >= 11 is 0.